The van der Waals surface area contributed by atoms with Crippen molar-refractivity contribution in [1.82, 2.24) is 0 Å². The maximum Gasteiger partial charge on any atom is 0.206 e. The number of hydrogen-bond donors (Lipinski definition) is 8. The van der Waals surface area contributed by atoms with Crippen LogP contribution < -0.4 is 22.9 Å². The summed E-state index contributed by atoms with van der Waals surface area (Å²) in [6.45, 7) is 2.05. The second kappa shape index (κ2) is 11.1. The molecule has 0 fully saturated rings. The minimum Gasteiger partial charge on any atom is -0.506 e. The fourth-order valence-electron chi connectivity index (χ4n) is 3.75. The largest absolute Gasteiger partial charge is 0.506 e. The minimum atomic E-state index is -3.80. The number of phenols is 4. The molecule has 4 rings (SSSR count). The highest BCUT2D eigenvalue weighted by Gasteiger charge is 2.20. The van der Waals surface area contributed by atoms with Crippen molar-refractivity contribution in [3.8, 4) is 23.0 Å². The lowest BCUT2D eigenvalue weighted by Crippen LogP contribution is -2.03. The molecule has 0 atom stereocenters. The van der Waals surface area contributed by atoms with Crippen molar-refractivity contribution in [2.24, 2.45) is 0 Å². The van der Waals surface area contributed by atoms with E-state index in [4.69, 9.17) is 22.9 Å². The first-order valence-corrected chi connectivity index (χ1v) is 12.9. The summed E-state index contributed by atoms with van der Waals surface area (Å²) < 4.78 is 24.6. The first kappa shape index (κ1) is 27.8. The van der Waals surface area contributed by atoms with Gasteiger partial charge in [-0.15, -0.1) is 0 Å². The van der Waals surface area contributed by atoms with E-state index < -0.39 is 9.84 Å². The third-order valence-corrected chi connectivity index (χ3v) is 7.69. The van der Waals surface area contributed by atoms with Crippen LogP contribution in [0.25, 0.3) is 0 Å². The normalized spacial score (nSPS) is 11.1. The zero-order valence-electron chi connectivity index (χ0n) is 20.5. The number of rotatable bonds is 5. The van der Waals surface area contributed by atoms with Gasteiger partial charge in [0.1, 0.15) is 23.0 Å². The number of anilines is 4. The molecule has 0 saturated heterocycles. The number of aromatic hydroxyl groups is 4. The van der Waals surface area contributed by atoms with E-state index >= 15 is 0 Å². The zero-order chi connectivity index (χ0) is 28.2. The molecule has 0 aliphatic rings. The number of hydrogen-bond acceptors (Lipinski definition) is 10. The van der Waals surface area contributed by atoms with Crippen LogP contribution >= 0.6 is 0 Å². The first-order valence-electron chi connectivity index (χ1n) is 11.4. The van der Waals surface area contributed by atoms with Gasteiger partial charge in [0.05, 0.1) is 32.5 Å². The third kappa shape index (κ3) is 5.95. The minimum absolute atomic E-state index is 0.0344. The first-order chi connectivity index (χ1) is 17.8. The van der Waals surface area contributed by atoms with Crippen molar-refractivity contribution in [1.29, 1.82) is 0 Å². The Morgan fingerprint density at radius 2 is 0.974 bits per heavy atom. The molecule has 11 heteroatoms. The quantitative estimate of drug-likeness (QED) is 0.135. The maximum absolute atomic E-state index is 12.3. The topological polar surface area (TPSA) is 219 Å². The van der Waals surface area contributed by atoms with Crippen molar-refractivity contribution < 1.29 is 28.8 Å². The summed E-state index contributed by atoms with van der Waals surface area (Å²) in [5.41, 5.74) is 24.7. The SMILES string of the molecule is CCC(c1ccc(N)c(O)c1)c1ccc(N)c(O)c1.Nc1cc(S(=O)(=O)c2ccc(O)c(N)c2)ccc1O. The van der Waals surface area contributed by atoms with E-state index in [2.05, 4.69) is 0 Å². The molecular weight excluding hydrogens is 508 g/mol. The fraction of sp³-hybridized carbons (Fsp3) is 0.111. The Morgan fingerprint density at radius 1 is 0.579 bits per heavy atom. The molecule has 38 heavy (non-hydrogen) atoms. The Bertz CT molecular complexity index is 1470. The van der Waals surface area contributed by atoms with Gasteiger partial charge in [-0.1, -0.05) is 19.1 Å². The Balaban J connectivity index is 0.000000211. The smallest absolute Gasteiger partial charge is 0.206 e. The Hall–Kier alpha value is -4.77. The van der Waals surface area contributed by atoms with Gasteiger partial charge in [-0.3, -0.25) is 0 Å². The van der Waals surface area contributed by atoms with E-state index in [-0.39, 0.29) is 50.1 Å². The summed E-state index contributed by atoms with van der Waals surface area (Å²) in [6, 6.07) is 17.7. The molecule has 10 nitrogen and oxygen atoms in total. The molecule has 0 radical (unpaired) electrons. The third-order valence-electron chi connectivity index (χ3n) is 5.94. The average Bonchev–Trinajstić information content (AvgIpc) is 2.87. The van der Waals surface area contributed by atoms with Gasteiger partial charge < -0.3 is 43.4 Å². The second-order valence-corrected chi connectivity index (χ2v) is 10.5. The maximum atomic E-state index is 12.3. The zero-order valence-corrected chi connectivity index (χ0v) is 21.4. The number of nitrogen functional groups attached to an aromatic ring is 4. The Labute approximate surface area is 220 Å². The lowest BCUT2D eigenvalue weighted by atomic mass is 9.88. The average molecular weight is 539 g/mol. The van der Waals surface area contributed by atoms with Gasteiger partial charge in [0.25, 0.3) is 0 Å². The highest BCUT2D eigenvalue weighted by atomic mass is 32.2. The fourth-order valence-corrected chi connectivity index (χ4v) is 5.09. The highest BCUT2D eigenvalue weighted by Crippen LogP contribution is 2.35. The van der Waals surface area contributed by atoms with E-state index in [1.54, 1.807) is 24.3 Å². The van der Waals surface area contributed by atoms with Crippen molar-refractivity contribution in [2.45, 2.75) is 29.1 Å². The number of nitrogens with two attached hydrogens (primary N) is 4. The van der Waals surface area contributed by atoms with Crippen LogP contribution in [0.4, 0.5) is 22.7 Å². The molecule has 0 aliphatic carbocycles. The van der Waals surface area contributed by atoms with Crippen LogP contribution in [0.1, 0.15) is 30.4 Å². The summed E-state index contributed by atoms with van der Waals surface area (Å²) in [5.74, 6) is -0.141. The molecule has 0 amide bonds. The van der Waals surface area contributed by atoms with Gasteiger partial charge in [-0.05, 0) is 78.2 Å². The lowest BCUT2D eigenvalue weighted by Gasteiger charge is -2.17. The monoisotopic (exact) mass is 538 g/mol. The van der Waals surface area contributed by atoms with Gasteiger partial charge in [-0.2, -0.15) is 0 Å². The Kier molecular flexibility index (Phi) is 8.12. The molecule has 4 aromatic rings. The molecule has 0 unspecified atom stereocenters. The molecule has 12 N–H and O–H groups in total. The molecule has 0 heterocycles. The molecule has 0 bridgehead atoms. The van der Waals surface area contributed by atoms with Crippen LogP contribution in [0.2, 0.25) is 0 Å². The van der Waals surface area contributed by atoms with Crippen LogP contribution in [0, 0.1) is 0 Å². The van der Waals surface area contributed by atoms with Crippen molar-refractivity contribution in [2.75, 3.05) is 22.9 Å². The predicted octanol–water partition coefficient (Wildman–Crippen LogP) is 3.90. The summed E-state index contributed by atoms with van der Waals surface area (Å²) in [6.07, 6.45) is 0.840. The molecule has 0 spiro atoms. The van der Waals surface area contributed by atoms with E-state index in [0.717, 1.165) is 29.7 Å². The van der Waals surface area contributed by atoms with E-state index in [9.17, 15) is 28.8 Å². The summed E-state index contributed by atoms with van der Waals surface area (Å²) >= 11 is 0. The molecule has 200 valence electrons. The number of benzene rings is 4. The predicted molar refractivity (Wildman–Crippen MR) is 148 cm³/mol. The molecule has 0 aromatic heterocycles. The van der Waals surface area contributed by atoms with Crippen LogP contribution in [0.3, 0.4) is 0 Å². The highest BCUT2D eigenvalue weighted by molar-refractivity contribution is 7.91. The van der Waals surface area contributed by atoms with Gasteiger partial charge in [0, 0.05) is 5.92 Å². The number of phenolic OH excluding ortho intramolecular Hbond substituents is 4. The summed E-state index contributed by atoms with van der Waals surface area (Å²) in [7, 11) is -3.80. The van der Waals surface area contributed by atoms with Crippen molar-refractivity contribution in [3.63, 3.8) is 0 Å². The Morgan fingerprint density at radius 3 is 1.29 bits per heavy atom. The number of sulfone groups is 1. The second-order valence-electron chi connectivity index (χ2n) is 8.54. The van der Waals surface area contributed by atoms with Gasteiger partial charge >= 0.3 is 0 Å². The summed E-state index contributed by atoms with van der Waals surface area (Å²) in [5, 5.41) is 38.0. The van der Waals surface area contributed by atoms with E-state index in [1.165, 1.54) is 24.3 Å². The van der Waals surface area contributed by atoms with Gasteiger partial charge in [0.2, 0.25) is 9.84 Å². The lowest BCUT2D eigenvalue weighted by molar-refractivity contribution is 0.475. The van der Waals surface area contributed by atoms with Crippen molar-refractivity contribution >= 4 is 32.6 Å². The summed E-state index contributed by atoms with van der Waals surface area (Å²) in [4.78, 5) is -0.124. The molecule has 4 aromatic carbocycles. The van der Waals surface area contributed by atoms with Crippen molar-refractivity contribution in [3.05, 3.63) is 83.9 Å². The molecule has 0 aliphatic heterocycles. The molecule has 0 saturated carbocycles. The van der Waals surface area contributed by atoms with Crippen LogP contribution in [-0.2, 0) is 9.84 Å². The van der Waals surface area contributed by atoms with Crippen LogP contribution in [0.15, 0.2) is 82.6 Å². The van der Waals surface area contributed by atoms with Gasteiger partial charge in [0.15, 0.2) is 0 Å². The molecular formula is C27H30N4O6S. The van der Waals surface area contributed by atoms with Crippen LogP contribution in [0.5, 0.6) is 23.0 Å². The van der Waals surface area contributed by atoms with E-state index in [1.807, 2.05) is 19.1 Å². The van der Waals surface area contributed by atoms with Gasteiger partial charge in [-0.25, -0.2) is 8.42 Å². The van der Waals surface area contributed by atoms with E-state index in [0.29, 0.717) is 11.4 Å². The van der Waals surface area contributed by atoms with Crippen LogP contribution in [-0.4, -0.2) is 28.8 Å². The standard InChI is InChI=1S/C15H18N2O2.C12H12N2O4S/c1-2-11(9-3-5-12(16)14(18)7-9)10-4-6-13(17)15(19)8-10;13-9-5-7(1-3-11(9)15)19(17,18)8-2-4-12(16)10(14)6-8/h3-8,11,18-19H,2,16-17H2,1H3;1-6,15-16H,13-14H2.